The number of hydrogen-bond donors (Lipinski definition) is 2. The van der Waals surface area contributed by atoms with Crippen molar-refractivity contribution in [2.45, 2.75) is 19.4 Å². The van der Waals surface area contributed by atoms with Crippen LogP contribution in [0.5, 0.6) is 0 Å². The Kier molecular flexibility index (Phi) is 4.42. The normalized spacial score (nSPS) is 22.0. The first-order valence-electron chi connectivity index (χ1n) is 6.93. The molecule has 1 aliphatic rings. The highest BCUT2D eigenvalue weighted by Crippen LogP contribution is 2.32. The highest BCUT2D eigenvalue weighted by molar-refractivity contribution is 5.95. The standard InChI is InChI=1S/C14H20N4O3/c1-9-5-11(15)8-17(7-9)13-6-10(14(19)16-2)3-4-12(13)18(20)21/h3-4,6,9,11H,5,7-8,15H2,1-2H3,(H,16,19). The smallest absolute Gasteiger partial charge is 0.292 e. The van der Waals surface area contributed by atoms with Gasteiger partial charge in [0.15, 0.2) is 0 Å². The summed E-state index contributed by atoms with van der Waals surface area (Å²) >= 11 is 0. The van der Waals surface area contributed by atoms with Crippen LogP contribution in [0.15, 0.2) is 18.2 Å². The van der Waals surface area contributed by atoms with Crippen molar-refractivity contribution in [3.05, 3.63) is 33.9 Å². The number of hydrogen-bond acceptors (Lipinski definition) is 5. The molecule has 1 aromatic rings. The van der Waals surface area contributed by atoms with Gasteiger partial charge in [0.25, 0.3) is 11.6 Å². The fraction of sp³-hybridized carbons (Fsp3) is 0.500. The Balaban J connectivity index is 2.43. The lowest BCUT2D eigenvalue weighted by Gasteiger charge is -2.36. The van der Waals surface area contributed by atoms with Crippen LogP contribution in [-0.2, 0) is 0 Å². The highest BCUT2D eigenvalue weighted by Gasteiger charge is 2.28. The van der Waals surface area contributed by atoms with E-state index in [1.54, 1.807) is 6.07 Å². The topological polar surface area (TPSA) is 101 Å². The number of nitrogens with one attached hydrogen (secondary N) is 1. The predicted octanol–water partition coefficient (Wildman–Crippen LogP) is 1.13. The molecule has 1 fully saturated rings. The second-order valence-corrected chi connectivity index (χ2v) is 5.55. The number of nitrogens with two attached hydrogens (primary N) is 1. The Morgan fingerprint density at radius 3 is 2.76 bits per heavy atom. The molecule has 1 aromatic carbocycles. The van der Waals surface area contributed by atoms with Gasteiger partial charge in [-0.3, -0.25) is 14.9 Å². The first-order valence-corrected chi connectivity index (χ1v) is 6.93. The van der Waals surface area contributed by atoms with Crippen molar-refractivity contribution < 1.29 is 9.72 Å². The zero-order valence-electron chi connectivity index (χ0n) is 12.2. The number of anilines is 1. The molecule has 7 nitrogen and oxygen atoms in total. The minimum atomic E-state index is -0.423. The Bertz CT molecular complexity index is 551. The lowest BCUT2D eigenvalue weighted by molar-refractivity contribution is -0.384. The number of nitrogens with zero attached hydrogens (tertiary/aromatic N) is 2. The molecular weight excluding hydrogens is 272 g/mol. The van der Waals surface area contributed by atoms with Gasteiger partial charge < -0.3 is 16.0 Å². The Labute approximate surface area is 123 Å². The van der Waals surface area contributed by atoms with Crippen LogP contribution in [0.25, 0.3) is 0 Å². The summed E-state index contributed by atoms with van der Waals surface area (Å²) in [5.74, 6) is 0.0949. The first kappa shape index (κ1) is 15.2. The van der Waals surface area contributed by atoms with Crippen molar-refractivity contribution in [1.82, 2.24) is 5.32 Å². The first-order chi connectivity index (χ1) is 9.92. The third-order valence-corrected chi connectivity index (χ3v) is 3.69. The molecule has 2 atom stereocenters. The SMILES string of the molecule is CNC(=O)c1ccc([N+](=O)[O-])c(N2CC(C)CC(N)C2)c1. The fourth-order valence-corrected chi connectivity index (χ4v) is 2.81. The molecule has 1 amide bonds. The molecule has 1 saturated heterocycles. The van der Waals surface area contributed by atoms with E-state index in [2.05, 4.69) is 12.2 Å². The number of piperidine rings is 1. The largest absolute Gasteiger partial charge is 0.364 e. The number of nitro benzene ring substituents is 1. The van der Waals surface area contributed by atoms with Crippen molar-refractivity contribution in [2.24, 2.45) is 11.7 Å². The number of benzene rings is 1. The van der Waals surface area contributed by atoms with E-state index in [0.29, 0.717) is 30.3 Å². The predicted molar refractivity (Wildman–Crippen MR) is 80.5 cm³/mol. The number of carbonyl (C=O) groups excluding carboxylic acids is 1. The highest BCUT2D eigenvalue weighted by atomic mass is 16.6. The van der Waals surface area contributed by atoms with E-state index in [9.17, 15) is 14.9 Å². The van der Waals surface area contributed by atoms with Crippen molar-refractivity contribution >= 4 is 17.3 Å². The number of amides is 1. The summed E-state index contributed by atoms with van der Waals surface area (Å²) in [4.78, 5) is 24.4. The van der Waals surface area contributed by atoms with Crippen LogP contribution in [0.2, 0.25) is 0 Å². The van der Waals surface area contributed by atoms with Gasteiger partial charge in [-0.25, -0.2) is 0 Å². The van der Waals surface area contributed by atoms with Gasteiger partial charge >= 0.3 is 0 Å². The van der Waals surface area contributed by atoms with Crippen molar-refractivity contribution in [3.63, 3.8) is 0 Å². The molecule has 1 aliphatic heterocycles. The van der Waals surface area contributed by atoms with Gasteiger partial charge in [-0.15, -0.1) is 0 Å². The number of nitro groups is 1. The minimum Gasteiger partial charge on any atom is -0.364 e. The van der Waals surface area contributed by atoms with Crippen LogP contribution in [0, 0.1) is 16.0 Å². The van der Waals surface area contributed by atoms with Crippen LogP contribution in [0.1, 0.15) is 23.7 Å². The van der Waals surface area contributed by atoms with Gasteiger partial charge in [-0.05, 0) is 24.5 Å². The van der Waals surface area contributed by atoms with Crippen LogP contribution in [0.4, 0.5) is 11.4 Å². The van der Waals surface area contributed by atoms with Crippen LogP contribution in [-0.4, -0.2) is 37.0 Å². The van der Waals surface area contributed by atoms with E-state index in [4.69, 9.17) is 5.73 Å². The zero-order chi connectivity index (χ0) is 15.6. The van der Waals surface area contributed by atoms with Gasteiger partial charge in [0.05, 0.1) is 4.92 Å². The Morgan fingerprint density at radius 1 is 1.48 bits per heavy atom. The summed E-state index contributed by atoms with van der Waals surface area (Å²) < 4.78 is 0. The molecule has 2 unspecified atom stereocenters. The summed E-state index contributed by atoms with van der Waals surface area (Å²) in [5, 5.41) is 13.8. The Morgan fingerprint density at radius 2 is 2.19 bits per heavy atom. The van der Waals surface area contributed by atoms with Gasteiger partial charge in [0.1, 0.15) is 5.69 Å². The third-order valence-electron chi connectivity index (χ3n) is 3.69. The molecule has 0 aliphatic carbocycles. The molecule has 0 radical (unpaired) electrons. The van der Waals surface area contributed by atoms with Gasteiger partial charge in [-0.2, -0.15) is 0 Å². The molecule has 114 valence electrons. The van der Waals surface area contributed by atoms with Crippen LogP contribution in [0.3, 0.4) is 0 Å². The van der Waals surface area contributed by atoms with Gasteiger partial charge in [-0.1, -0.05) is 6.92 Å². The van der Waals surface area contributed by atoms with E-state index >= 15 is 0 Å². The molecule has 0 spiro atoms. The molecule has 1 heterocycles. The van der Waals surface area contributed by atoms with Gasteiger partial charge in [0, 0.05) is 37.8 Å². The maximum absolute atomic E-state index is 11.7. The summed E-state index contributed by atoms with van der Waals surface area (Å²) in [6.07, 6.45) is 0.902. The van der Waals surface area contributed by atoms with Crippen molar-refractivity contribution in [2.75, 3.05) is 25.0 Å². The second-order valence-electron chi connectivity index (χ2n) is 5.55. The number of rotatable bonds is 3. The quantitative estimate of drug-likeness (QED) is 0.642. The molecule has 2 rings (SSSR count). The molecule has 7 heteroatoms. The van der Waals surface area contributed by atoms with E-state index in [-0.39, 0.29) is 17.6 Å². The van der Waals surface area contributed by atoms with Crippen molar-refractivity contribution in [1.29, 1.82) is 0 Å². The number of carbonyl (C=O) groups is 1. The second kappa shape index (κ2) is 6.09. The van der Waals surface area contributed by atoms with Crippen LogP contribution >= 0.6 is 0 Å². The van der Waals surface area contributed by atoms with Crippen molar-refractivity contribution in [3.8, 4) is 0 Å². The summed E-state index contributed by atoms with van der Waals surface area (Å²) in [6, 6.07) is 4.40. The summed E-state index contributed by atoms with van der Waals surface area (Å²) in [6.45, 7) is 3.33. The molecule has 3 N–H and O–H groups in total. The zero-order valence-corrected chi connectivity index (χ0v) is 12.2. The molecule has 21 heavy (non-hydrogen) atoms. The monoisotopic (exact) mass is 292 g/mol. The molecule has 0 aromatic heterocycles. The van der Waals surface area contributed by atoms with E-state index in [1.807, 2.05) is 4.90 Å². The molecule has 0 saturated carbocycles. The van der Waals surface area contributed by atoms with Crippen LogP contribution < -0.4 is 16.0 Å². The minimum absolute atomic E-state index is 0.00366. The fourth-order valence-electron chi connectivity index (χ4n) is 2.81. The third kappa shape index (κ3) is 3.30. The Hall–Kier alpha value is -2.15. The van der Waals surface area contributed by atoms with E-state index in [0.717, 1.165) is 6.42 Å². The maximum Gasteiger partial charge on any atom is 0.292 e. The molecule has 0 bridgehead atoms. The average Bonchev–Trinajstić information content (AvgIpc) is 2.44. The average molecular weight is 292 g/mol. The lowest BCUT2D eigenvalue weighted by atomic mass is 9.95. The summed E-state index contributed by atoms with van der Waals surface area (Å²) in [7, 11) is 1.53. The van der Waals surface area contributed by atoms with E-state index in [1.165, 1.54) is 19.2 Å². The van der Waals surface area contributed by atoms with E-state index < -0.39 is 4.92 Å². The molecular formula is C14H20N4O3. The van der Waals surface area contributed by atoms with Gasteiger partial charge in [0.2, 0.25) is 0 Å². The maximum atomic E-state index is 11.7. The lowest BCUT2D eigenvalue weighted by Crippen LogP contribution is -2.46. The summed E-state index contributed by atoms with van der Waals surface area (Å²) in [5.41, 5.74) is 6.88.